The van der Waals surface area contributed by atoms with Gasteiger partial charge in [-0.1, -0.05) is 26.0 Å². The molecule has 0 saturated heterocycles. The molecule has 0 fully saturated rings. The molecule has 0 aliphatic rings. The molecule has 0 aliphatic carbocycles. The molecule has 0 atom stereocenters. The molecule has 6 heteroatoms. The predicted octanol–water partition coefficient (Wildman–Crippen LogP) is 2.14. The van der Waals surface area contributed by atoms with Crippen LogP contribution in [0.2, 0.25) is 0 Å². The van der Waals surface area contributed by atoms with Gasteiger partial charge in [-0.2, -0.15) is 0 Å². The predicted molar refractivity (Wildman–Crippen MR) is 84.3 cm³/mol. The Morgan fingerprint density at radius 3 is 2.64 bits per heavy atom. The Bertz CT molecular complexity index is 515. The van der Waals surface area contributed by atoms with Gasteiger partial charge in [-0.25, -0.2) is 4.79 Å². The lowest BCUT2D eigenvalue weighted by molar-refractivity contribution is -0.137. The molecule has 2 amide bonds. The smallest absolute Gasteiger partial charge is 0.314 e. The van der Waals surface area contributed by atoms with Gasteiger partial charge in [0.05, 0.1) is 7.11 Å². The third-order valence-electron chi connectivity index (χ3n) is 3.40. The Balaban J connectivity index is 2.44. The van der Waals surface area contributed by atoms with Gasteiger partial charge in [0.1, 0.15) is 5.75 Å². The van der Waals surface area contributed by atoms with Crippen molar-refractivity contribution in [3.63, 3.8) is 0 Å². The zero-order valence-corrected chi connectivity index (χ0v) is 13.3. The van der Waals surface area contributed by atoms with Crippen molar-refractivity contribution >= 4 is 12.0 Å². The number of carbonyl (C=O) groups is 2. The van der Waals surface area contributed by atoms with Gasteiger partial charge in [-0.15, -0.1) is 0 Å². The van der Waals surface area contributed by atoms with Crippen molar-refractivity contribution in [2.24, 2.45) is 0 Å². The highest BCUT2D eigenvalue weighted by atomic mass is 16.5. The lowest BCUT2D eigenvalue weighted by Gasteiger charge is -2.26. The lowest BCUT2D eigenvalue weighted by atomic mass is 9.84. The summed E-state index contributed by atoms with van der Waals surface area (Å²) in [5, 5.41) is 14.0. The van der Waals surface area contributed by atoms with Gasteiger partial charge >= 0.3 is 12.0 Å². The standard InChI is InChI=1S/C16H24N2O4/c1-16(2,12-6-4-7-13(10-12)22-3)11-18-15(21)17-9-5-8-14(19)20/h4,6-7,10H,5,8-9,11H2,1-3H3,(H,19,20)(H2,17,18,21). The Hall–Kier alpha value is -2.24. The number of methoxy groups -OCH3 is 1. The molecule has 3 N–H and O–H groups in total. The van der Waals surface area contributed by atoms with E-state index in [1.165, 1.54) is 0 Å². The van der Waals surface area contributed by atoms with Crippen LogP contribution >= 0.6 is 0 Å². The highest BCUT2D eigenvalue weighted by Crippen LogP contribution is 2.25. The van der Waals surface area contributed by atoms with Crippen molar-refractivity contribution in [3.05, 3.63) is 29.8 Å². The summed E-state index contributed by atoms with van der Waals surface area (Å²) < 4.78 is 5.21. The number of nitrogens with one attached hydrogen (secondary N) is 2. The number of rotatable bonds is 8. The van der Waals surface area contributed by atoms with E-state index in [1.807, 2.05) is 38.1 Å². The van der Waals surface area contributed by atoms with E-state index in [-0.39, 0.29) is 17.9 Å². The molecule has 0 saturated carbocycles. The van der Waals surface area contributed by atoms with E-state index < -0.39 is 5.97 Å². The van der Waals surface area contributed by atoms with Crippen LogP contribution < -0.4 is 15.4 Å². The van der Waals surface area contributed by atoms with E-state index in [9.17, 15) is 9.59 Å². The number of aliphatic carboxylic acids is 1. The van der Waals surface area contributed by atoms with Gasteiger partial charge in [0.2, 0.25) is 0 Å². The van der Waals surface area contributed by atoms with Gasteiger partial charge in [0.25, 0.3) is 0 Å². The number of benzene rings is 1. The number of urea groups is 1. The van der Waals surface area contributed by atoms with Gasteiger partial charge in [-0.3, -0.25) is 4.79 Å². The molecule has 0 spiro atoms. The molecule has 0 heterocycles. The highest BCUT2D eigenvalue weighted by Gasteiger charge is 2.21. The highest BCUT2D eigenvalue weighted by molar-refractivity contribution is 5.74. The van der Waals surface area contributed by atoms with E-state index in [0.29, 0.717) is 19.5 Å². The number of amides is 2. The molecule has 0 radical (unpaired) electrons. The topological polar surface area (TPSA) is 87.7 Å². The molecule has 1 aromatic rings. The molecule has 6 nitrogen and oxygen atoms in total. The van der Waals surface area contributed by atoms with E-state index >= 15 is 0 Å². The van der Waals surface area contributed by atoms with Crippen LogP contribution in [-0.2, 0) is 10.2 Å². The fourth-order valence-electron chi connectivity index (χ4n) is 1.95. The number of hydrogen-bond acceptors (Lipinski definition) is 3. The molecule has 0 unspecified atom stereocenters. The largest absolute Gasteiger partial charge is 0.497 e. The fourth-order valence-corrected chi connectivity index (χ4v) is 1.95. The molecule has 22 heavy (non-hydrogen) atoms. The second-order valence-electron chi connectivity index (χ2n) is 5.72. The second-order valence-corrected chi connectivity index (χ2v) is 5.72. The average molecular weight is 308 g/mol. The van der Waals surface area contributed by atoms with Crippen LogP contribution in [0.5, 0.6) is 5.75 Å². The summed E-state index contributed by atoms with van der Waals surface area (Å²) in [5.41, 5.74) is 0.825. The molecule has 0 aliphatic heterocycles. The summed E-state index contributed by atoms with van der Waals surface area (Å²) in [5.74, 6) is -0.0786. The van der Waals surface area contributed by atoms with Crippen LogP contribution in [0.15, 0.2) is 24.3 Å². The Morgan fingerprint density at radius 2 is 2.00 bits per heavy atom. The number of carboxylic acid groups (broad SMARTS) is 1. The van der Waals surface area contributed by atoms with Gasteiger partial charge in [0.15, 0.2) is 0 Å². The lowest BCUT2D eigenvalue weighted by Crippen LogP contribution is -2.42. The van der Waals surface area contributed by atoms with Gasteiger partial charge in [0, 0.05) is 24.9 Å². The van der Waals surface area contributed by atoms with Crippen molar-refractivity contribution in [2.75, 3.05) is 20.2 Å². The first-order valence-electron chi connectivity index (χ1n) is 7.23. The summed E-state index contributed by atoms with van der Waals surface area (Å²) in [6.07, 6.45) is 0.470. The number of ether oxygens (including phenoxy) is 1. The van der Waals surface area contributed by atoms with Crippen molar-refractivity contribution in [1.29, 1.82) is 0 Å². The summed E-state index contributed by atoms with van der Waals surface area (Å²) in [6.45, 7) is 4.88. The zero-order chi connectivity index (χ0) is 16.6. The van der Waals surface area contributed by atoms with E-state index in [1.54, 1.807) is 7.11 Å². The van der Waals surface area contributed by atoms with Crippen LogP contribution in [0.3, 0.4) is 0 Å². The Morgan fingerprint density at radius 1 is 1.27 bits per heavy atom. The molecule has 1 rings (SSSR count). The minimum atomic E-state index is -0.860. The maximum atomic E-state index is 11.7. The third kappa shape index (κ3) is 6.03. The van der Waals surface area contributed by atoms with Crippen LogP contribution in [0.1, 0.15) is 32.3 Å². The van der Waals surface area contributed by atoms with Crippen molar-refractivity contribution in [3.8, 4) is 5.75 Å². The van der Waals surface area contributed by atoms with Gasteiger partial charge < -0.3 is 20.5 Å². The first-order valence-corrected chi connectivity index (χ1v) is 7.23. The Labute approximate surface area is 130 Å². The quantitative estimate of drug-likeness (QED) is 0.642. The van der Waals surface area contributed by atoms with Crippen LogP contribution in [0, 0.1) is 0 Å². The summed E-state index contributed by atoms with van der Waals surface area (Å²) in [7, 11) is 1.62. The van der Waals surface area contributed by atoms with Gasteiger partial charge in [-0.05, 0) is 24.1 Å². The maximum Gasteiger partial charge on any atom is 0.314 e. The minimum absolute atomic E-state index is 0.0512. The first-order chi connectivity index (χ1) is 10.3. The normalized spacial score (nSPS) is 10.9. The molecular weight excluding hydrogens is 284 g/mol. The van der Waals surface area contributed by atoms with Crippen LogP contribution in [0.4, 0.5) is 4.79 Å². The van der Waals surface area contributed by atoms with E-state index in [2.05, 4.69) is 10.6 Å². The number of hydrogen-bond donors (Lipinski definition) is 3. The van der Waals surface area contributed by atoms with Crippen molar-refractivity contribution < 1.29 is 19.4 Å². The average Bonchev–Trinajstić information content (AvgIpc) is 2.49. The van der Waals surface area contributed by atoms with Crippen LogP contribution in [-0.4, -0.2) is 37.3 Å². The third-order valence-corrected chi connectivity index (χ3v) is 3.40. The van der Waals surface area contributed by atoms with E-state index in [0.717, 1.165) is 11.3 Å². The SMILES string of the molecule is COc1cccc(C(C)(C)CNC(=O)NCCCC(=O)O)c1. The summed E-state index contributed by atoms with van der Waals surface area (Å²) in [6, 6.07) is 7.45. The van der Waals surface area contributed by atoms with Crippen molar-refractivity contribution in [1.82, 2.24) is 10.6 Å². The Kier molecular flexibility index (Phi) is 6.69. The number of carboxylic acids is 1. The molecule has 122 valence electrons. The molecular formula is C16H24N2O4. The minimum Gasteiger partial charge on any atom is -0.497 e. The van der Waals surface area contributed by atoms with Crippen molar-refractivity contribution in [2.45, 2.75) is 32.1 Å². The monoisotopic (exact) mass is 308 g/mol. The zero-order valence-electron chi connectivity index (χ0n) is 13.3. The summed E-state index contributed by atoms with van der Waals surface area (Å²) in [4.78, 5) is 22.1. The van der Waals surface area contributed by atoms with Crippen LogP contribution in [0.25, 0.3) is 0 Å². The maximum absolute atomic E-state index is 11.7. The number of carbonyl (C=O) groups excluding carboxylic acids is 1. The van der Waals surface area contributed by atoms with E-state index in [4.69, 9.17) is 9.84 Å². The molecule has 1 aromatic carbocycles. The molecule has 0 bridgehead atoms. The first kappa shape index (κ1) is 17.8. The summed E-state index contributed by atoms with van der Waals surface area (Å²) >= 11 is 0. The fraction of sp³-hybridized carbons (Fsp3) is 0.500. The molecule has 0 aromatic heterocycles. The second kappa shape index (κ2) is 8.26.